The Kier molecular flexibility index (Phi) is 5.95. The predicted octanol–water partition coefficient (Wildman–Crippen LogP) is 0.675. The molecule has 5 nitrogen and oxygen atoms in total. The summed E-state index contributed by atoms with van der Waals surface area (Å²) in [6, 6.07) is 7.36. The van der Waals surface area contributed by atoms with Crippen LogP contribution < -0.4 is 5.73 Å². The lowest BCUT2D eigenvalue weighted by molar-refractivity contribution is -0.144. The summed E-state index contributed by atoms with van der Waals surface area (Å²) in [6.07, 6.45) is 0.280. The van der Waals surface area contributed by atoms with Gasteiger partial charge in [-0.15, -0.1) is 0 Å². The lowest BCUT2D eigenvalue weighted by Gasteiger charge is -2.28. The summed E-state index contributed by atoms with van der Waals surface area (Å²) < 4.78 is 5.17. The minimum atomic E-state index is -1.14. The molecule has 0 aliphatic heterocycles. The van der Waals surface area contributed by atoms with Crippen molar-refractivity contribution >= 4 is 5.97 Å². The van der Waals surface area contributed by atoms with Gasteiger partial charge < -0.3 is 20.7 Å². The second-order valence-electron chi connectivity index (χ2n) is 4.55. The molecular formula is C14H21NO4. The van der Waals surface area contributed by atoms with Crippen molar-refractivity contribution in [3.63, 3.8) is 0 Å². The molecule has 0 saturated carbocycles. The molecule has 0 saturated heterocycles. The summed E-state index contributed by atoms with van der Waals surface area (Å²) in [4.78, 5) is 11.6. The number of aliphatic carboxylic acids is 1. The molecule has 4 N–H and O–H groups in total. The van der Waals surface area contributed by atoms with E-state index in [2.05, 4.69) is 0 Å². The third-order valence-electron chi connectivity index (χ3n) is 3.24. The Morgan fingerprint density at radius 1 is 1.42 bits per heavy atom. The van der Waals surface area contributed by atoms with Gasteiger partial charge in [-0.05, 0) is 18.9 Å². The van der Waals surface area contributed by atoms with Crippen molar-refractivity contribution in [3.8, 4) is 0 Å². The average molecular weight is 267 g/mol. The highest BCUT2D eigenvalue weighted by Gasteiger charge is 2.38. The highest BCUT2D eigenvalue weighted by Crippen LogP contribution is 2.28. The van der Waals surface area contributed by atoms with Crippen LogP contribution in [0.4, 0.5) is 0 Å². The Labute approximate surface area is 113 Å². The Morgan fingerprint density at radius 3 is 2.68 bits per heavy atom. The zero-order valence-electron chi connectivity index (χ0n) is 11.1. The Morgan fingerprint density at radius 2 is 2.16 bits per heavy atom. The second-order valence-corrected chi connectivity index (χ2v) is 4.55. The van der Waals surface area contributed by atoms with Gasteiger partial charge in [0.1, 0.15) is 5.41 Å². The summed E-state index contributed by atoms with van der Waals surface area (Å²) >= 11 is 0. The largest absolute Gasteiger partial charge is 0.481 e. The summed E-state index contributed by atoms with van der Waals surface area (Å²) in [5.41, 5.74) is 6.27. The van der Waals surface area contributed by atoms with Gasteiger partial charge in [0.25, 0.3) is 0 Å². The van der Waals surface area contributed by atoms with Crippen LogP contribution in [0, 0.1) is 6.92 Å². The third kappa shape index (κ3) is 3.76. The first-order valence-corrected chi connectivity index (χ1v) is 6.26. The van der Waals surface area contributed by atoms with Crippen LogP contribution in [0.2, 0.25) is 0 Å². The van der Waals surface area contributed by atoms with Crippen molar-refractivity contribution in [1.29, 1.82) is 0 Å². The zero-order chi connectivity index (χ0) is 14.3. The molecule has 0 aromatic heterocycles. The van der Waals surface area contributed by atoms with Crippen LogP contribution in [0.5, 0.6) is 0 Å². The molecule has 1 atom stereocenters. The number of hydrogen-bond donors (Lipinski definition) is 3. The first kappa shape index (κ1) is 15.6. The van der Waals surface area contributed by atoms with Gasteiger partial charge in [-0.3, -0.25) is 4.79 Å². The van der Waals surface area contributed by atoms with Crippen molar-refractivity contribution in [2.75, 3.05) is 26.4 Å². The van der Waals surface area contributed by atoms with Gasteiger partial charge in [0.2, 0.25) is 0 Å². The molecule has 1 unspecified atom stereocenters. The number of benzene rings is 1. The Balaban J connectivity index is 2.95. The third-order valence-corrected chi connectivity index (χ3v) is 3.24. The van der Waals surface area contributed by atoms with E-state index in [4.69, 9.17) is 15.6 Å². The van der Waals surface area contributed by atoms with Crippen LogP contribution in [0.25, 0.3) is 0 Å². The number of carboxylic acid groups (broad SMARTS) is 1. The second kappa shape index (κ2) is 7.23. The fourth-order valence-corrected chi connectivity index (χ4v) is 2.04. The fourth-order valence-electron chi connectivity index (χ4n) is 2.04. The minimum absolute atomic E-state index is 0.00821. The molecule has 0 aliphatic carbocycles. The van der Waals surface area contributed by atoms with E-state index in [1.807, 2.05) is 25.1 Å². The minimum Gasteiger partial charge on any atom is -0.481 e. The van der Waals surface area contributed by atoms with Crippen LogP contribution in [0.15, 0.2) is 24.3 Å². The fraction of sp³-hybridized carbons (Fsp3) is 0.500. The molecule has 0 spiro atoms. The number of ether oxygens (including phenoxy) is 1. The van der Waals surface area contributed by atoms with Gasteiger partial charge in [-0.1, -0.05) is 29.8 Å². The lowest BCUT2D eigenvalue weighted by atomic mass is 9.77. The predicted molar refractivity (Wildman–Crippen MR) is 72.1 cm³/mol. The van der Waals surface area contributed by atoms with Crippen molar-refractivity contribution in [2.45, 2.75) is 18.8 Å². The molecule has 0 fully saturated rings. The number of aryl methyl sites for hydroxylation is 1. The number of aliphatic hydroxyl groups is 1. The number of carbonyl (C=O) groups is 1. The van der Waals surface area contributed by atoms with Gasteiger partial charge in [0, 0.05) is 13.2 Å². The van der Waals surface area contributed by atoms with E-state index in [0.29, 0.717) is 5.56 Å². The van der Waals surface area contributed by atoms with E-state index < -0.39 is 11.4 Å². The SMILES string of the molecule is Cc1cccc(C(CN)(CCOCCO)C(=O)O)c1. The van der Waals surface area contributed by atoms with E-state index in [9.17, 15) is 9.90 Å². The van der Waals surface area contributed by atoms with Crippen molar-refractivity contribution in [3.05, 3.63) is 35.4 Å². The topological polar surface area (TPSA) is 92.8 Å². The number of nitrogens with two attached hydrogens (primary N) is 1. The molecule has 1 aromatic carbocycles. The van der Waals surface area contributed by atoms with Gasteiger partial charge in [0.15, 0.2) is 0 Å². The maximum Gasteiger partial charge on any atom is 0.315 e. The molecule has 0 amide bonds. The number of hydrogen-bond acceptors (Lipinski definition) is 4. The molecule has 0 bridgehead atoms. The van der Waals surface area contributed by atoms with Crippen LogP contribution in [-0.2, 0) is 14.9 Å². The molecule has 19 heavy (non-hydrogen) atoms. The van der Waals surface area contributed by atoms with E-state index in [1.165, 1.54) is 0 Å². The number of rotatable bonds is 8. The molecule has 1 rings (SSSR count). The first-order valence-electron chi connectivity index (χ1n) is 6.26. The Bertz CT molecular complexity index is 422. The monoisotopic (exact) mass is 267 g/mol. The molecule has 106 valence electrons. The van der Waals surface area contributed by atoms with Gasteiger partial charge in [-0.25, -0.2) is 0 Å². The molecule has 1 aromatic rings. The van der Waals surface area contributed by atoms with Crippen LogP contribution in [0.1, 0.15) is 17.5 Å². The van der Waals surface area contributed by atoms with Crippen molar-refractivity contribution < 1.29 is 19.7 Å². The molecule has 0 aliphatic rings. The van der Waals surface area contributed by atoms with E-state index in [-0.39, 0.29) is 32.8 Å². The lowest BCUT2D eigenvalue weighted by Crippen LogP contribution is -2.44. The van der Waals surface area contributed by atoms with E-state index in [0.717, 1.165) is 5.56 Å². The Hall–Kier alpha value is -1.43. The molecular weight excluding hydrogens is 246 g/mol. The molecule has 0 radical (unpaired) electrons. The highest BCUT2D eigenvalue weighted by atomic mass is 16.5. The maximum atomic E-state index is 11.6. The quantitative estimate of drug-likeness (QED) is 0.602. The van der Waals surface area contributed by atoms with Crippen LogP contribution in [-0.4, -0.2) is 42.5 Å². The van der Waals surface area contributed by atoms with Crippen molar-refractivity contribution in [2.24, 2.45) is 5.73 Å². The highest BCUT2D eigenvalue weighted by molar-refractivity contribution is 5.81. The van der Waals surface area contributed by atoms with Crippen molar-refractivity contribution in [1.82, 2.24) is 0 Å². The van der Waals surface area contributed by atoms with E-state index in [1.54, 1.807) is 6.07 Å². The van der Waals surface area contributed by atoms with Crippen LogP contribution in [0.3, 0.4) is 0 Å². The summed E-state index contributed by atoms with van der Waals surface area (Å²) in [6.45, 7) is 2.29. The van der Waals surface area contributed by atoms with Gasteiger partial charge in [0.05, 0.1) is 13.2 Å². The number of carboxylic acids is 1. The first-order chi connectivity index (χ1) is 9.06. The standard InChI is InChI=1S/C14H21NO4/c1-11-3-2-4-12(9-11)14(10-15,13(17)18)5-7-19-8-6-16/h2-4,9,16H,5-8,10,15H2,1H3,(H,17,18). The summed E-state index contributed by atoms with van der Waals surface area (Å²) in [7, 11) is 0. The summed E-state index contributed by atoms with van der Waals surface area (Å²) in [5.74, 6) is -0.951. The van der Waals surface area contributed by atoms with E-state index >= 15 is 0 Å². The average Bonchev–Trinajstić information content (AvgIpc) is 2.39. The number of aliphatic hydroxyl groups excluding tert-OH is 1. The van der Waals surface area contributed by atoms with Gasteiger partial charge >= 0.3 is 5.97 Å². The molecule has 0 heterocycles. The summed E-state index contributed by atoms with van der Waals surface area (Å²) in [5, 5.41) is 18.2. The molecule has 5 heteroatoms. The van der Waals surface area contributed by atoms with Gasteiger partial charge in [-0.2, -0.15) is 0 Å². The maximum absolute atomic E-state index is 11.6. The zero-order valence-corrected chi connectivity index (χ0v) is 11.1. The van der Waals surface area contributed by atoms with Crippen LogP contribution >= 0.6 is 0 Å². The smallest absolute Gasteiger partial charge is 0.315 e. The normalized spacial score (nSPS) is 14.1.